The maximum Gasteiger partial charge on any atom is 0.204 e. The number of fused-ring (bicyclic) bond motifs is 1. The zero-order valence-corrected chi connectivity index (χ0v) is 20.5. The topological polar surface area (TPSA) is 42.3 Å². The first-order valence-electron chi connectivity index (χ1n) is 12.4. The molecule has 1 N–H and O–H groups in total. The van der Waals surface area contributed by atoms with Crippen LogP contribution in [0.25, 0.3) is 11.0 Å². The molecular weight excluding hydrogens is 439 g/mol. The Labute approximate surface area is 206 Å². The quantitative estimate of drug-likeness (QED) is 0.346. The van der Waals surface area contributed by atoms with Gasteiger partial charge < -0.3 is 19.5 Å². The van der Waals surface area contributed by atoms with E-state index in [1.165, 1.54) is 17.7 Å². The number of nitrogens with one attached hydrogen (secondary N) is 1. The maximum atomic E-state index is 13.4. The van der Waals surface area contributed by atoms with Crippen molar-refractivity contribution in [2.45, 2.75) is 38.3 Å². The number of hydrogen-bond donors (Lipinski definition) is 1. The van der Waals surface area contributed by atoms with E-state index in [1.54, 1.807) is 7.11 Å². The van der Waals surface area contributed by atoms with Gasteiger partial charge in [-0.05, 0) is 66.3 Å². The maximum absolute atomic E-state index is 13.4. The number of methoxy groups -OCH3 is 1. The number of ether oxygens (including phenoxy) is 1. The Kier molecular flexibility index (Phi) is 7.00. The van der Waals surface area contributed by atoms with E-state index in [-0.39, 0.29) is 5.82 Å². The molecule has 2 heterocycles. The molecule has 1 unspecified atom stereocenters. The van der Waals surface area contributed by atoms with E-state index in [1.807, 2.05) is 42.5 Å². The van der Waals surface area contributed by atoms with Crippen molar-refractivity contribution in [1.29, 1.82) is 0 Å². The van der Waals surface area contributed by atoms with E-state index in [4.69, 9.17) is 9.72 Å². The minimum Gasteiger partial charge on any atom is -0.497 e. The minimum absolute atomic E-state index is 0.212. The van der Waals surface area contributed by atoms with Crippen LogP contribution >= 0.6 is 0 Å². The Bertz CT molecular complexity index is 1240. The molecule has 35 heavy (non-hydrogen) atoms. The molecule has 1 saturated heterocycles. The van der Waals surface area contributed by atoms with Crippen LogP contribution in [0.4, 0.5) is 10.3 Å². The lowest BCUT2D eigenvalue weighted by molar-refractivity contribution is 0.209. The normalized spacial score (nSPS) is 15.9. The van der Waals surface area contributed by atoms with Crippen LogP contribution in [-0.2, 0) is 6.54 Å². The van der Waals surface area contributed by atoms with E-state index >= 15 is 0 Å². The van der Waals surface area contributed by atoms with Crippen LogP contribution in [0.3, 0.4) is 0 Å². The van der Waals surface area contributed by atoms with Crippen LogP contribution in [-0.4, -0.2) is 47.2 Å². The van der Waals surface area contributed by atoms with Gasteiger partial charge in [0.1, 0.15) is 11.6 Å². The summed E-state index contributed by atoms with van der Waals surface area (Å²) in [6.45, 7) is 6.14. The molecule has 4 aromatic rings. The summed E-state index contributed by atoms with van der Waals surface area (Å²) in [5.41, 5.74) is 4.47. The van der Waals surface area contributed by atoms with Gasteiger partial charge in [-0.1, -0.05) is 43.3 Å². The monoisotopic (exact) mass is 472 g/mol. The van der Waals surface area contributed by atoms with Crippen molar-refractivity contribution in [2.75, 3.05) is 32.1 Å². The number of rotatable bonds is 8. The van der Waals surface area contributed by atoms with Gasteiger partial charge in [0.2, 0.25) is 5.95 Å². The van der Waals surface area contributed by atoms with Gasteiger partial charge in [-0.15, -0.1) is 0 Å². The highest BCUT2D eigenvalue weighted by molar-refractivity contribution is 5.78. The fraction of sp³-hybridized carbons (Fsp3) is 0.345. The summed E-state index contributed by atoms with van der Waals surface area (Å²) >= 11 is 0. The van der Waals surface area contributed by atoms with Gasteiger partial charge in [0.05, 0.1) is 24.7 Å². The summed E-state index contributed by atoms with van der Waals surface area (Å²) in [5, 5.41) is 3.73. The van der Waals surface area contributed by atoms with E-state index in [0.717, 1.165) is 60.8 Å². The average Bonchev–Trinajstić information content (AvgIpc) is 3.23. The number of para-hydroxylation sites is 2. The SMILES string of the molecule is COc1ccc(C(C)CN2CCC(Nc3nc4ccccc4n3Cc3ccc(F)cc3)CC2)cc1. The number of aromatic nitrogens is 2. The second-order valence-corrected chi connectivity index (χ2v) is 9.53. The van der Waals surface area contributed by atoms with Crippen molar-refractivity contribution >= 4 is 17.0 Å². The lowest BCUT2D eigenvalue weighted by Crippen LogP contribution is -2.41. The van der Waals surface area contributed by atoms with Crippen LogP contribution < -0.4 is 10.1 Å². The molecule has 6 heteroatoms. The van der Waals surface area contributed by atoms with Gasteiger partial charge in [0.15, 0.2) is 0 Å². The first kappa shape index (κ1) is 23.4. The molecule has 182 valence electrons. The van der Waals surface area contributed by atoms with E-state index in [0.29, 0.717) is 18.5 Å². The molecule has 5 rings (SSSR count). The van der Waals surface area contributed by atoms with E-state index < -0.39 is 0 Å². The van der Waals surface area contributed by atoms with Crippen molar-refractivity contribution < 1.29 is 9.13 Å². The van der Waals surface area contributed by atoms with E-state index in [2.05, 4.69) is 39.9 Å². The largest absolute Gasteiger partial charge is 0.497 e. The number of halogens is 1. The Balaban J connectivity index is 1.23. The number of nitrogens with zero attached hydrogens (tertiary/aromatic N) is 3. The molecule has 1 atom stereocenters. The molecule has 5 nitrogen and oxygen atoms in total. The molecular formula is C29H33FN4O. The third kappa shape index (κ3) is 5.49. The van der Waals surface area contributed by atoms with Gasteiger partial charge in [-0.2, -0.15) is 0 Å². The molecule has 1 aromatic heterocycles. The van der Waals surface area contributed by atoms with Crippen molar-refractivity contribution in [3.05, 3.63) is 89.7 Å². The Hall–Kier alpha value is -3.38. The average molecular weight is 473 g/mol. The second-order valence-electron chi connectivity index (χ2n) is 9.53. The van der Waals surface area contributed by atoms with Crippen LogP contribution in [0.1, 0.15) is 36.8 Å². The van der Waals surface area contributed by atoms with Crippen molar-refractivity contribution in [1.82, 2.24) is 14.5 Å². The summed E-state index contributed by atoms with van der Waals surface area (Å²) < 4.78 is 20.9. The summed E-state index contributed by atoms with van der Waals surface area (Å²) in [6, 6.07) is 23.7. The number of anilines is 1. The minimum atomic E-state index is -0.212. The number of piperidine rings is 1. The van der Waals surface area contributed by atoms with Crippen LogP contribution in [0.15, 0.2) is 72.8 Å². The lowest BCUT2D eigenvalue weighted by Gasteiger charge is -2.34. The summed E-state index contributed by atoms with van der Waals surface area (Å²) in [4.78, 5) is 7.46. The molecule has 1 aliphatic rings. The van der Waals surface area contributed by atoms with Gasteiger partial charge in [-0.3, -0.25) is 0 Å². The molecule has 0 amide bonds. The Morgan fingerprint density at radius 2 is 1.71 bits per heavy atom. The molecule has 0 radical (unpaired) electrons. The third-order valence-corrected chi connectivity index (χ3v) is 7.05. The standard InChI is InChI=1S/C29H33FN4O/c1-21(23-9-13-26(35-2)14-10-23)19-33-17-15-25(16-18-33)31-29-32-27-5-3-4-6-28(27)34(29)20-22-7-11-24(30)12-8-22/h3-14,21,25H,15-20H2,1-2H3,(H,31,32). The Morgan fingerprint density at radius 1 is 1.00 bits per heavy atom. The van der Waals surface area contributed by atoms with Gasteiger partial charge in [-0.25, -0.2) is 9.37 Å². The third-order valence-electron chi connectivity index (χ3n) is 7.05. The fourth-order valence-electron chi connectivity index (χ4n) is 4.99. The highest BCUT2D eigenvalue weighted by atomic mass is 19.1. The van der Waals surface area contributed by atoms with Crippen molar-refractivity contribution in [3.8, 4) is 5.75 Å². The summed E-state index contributed by atoms with van der Waals surface area (Å²) in [5.74, 6) is 2.06. The number of hydrogen-bond acceptors (Lipinski definition) is 4. The number of likely N-dealkylation sites (tertiary alicyclic amines) is 1. The molecule has 1 fully saturated rings. The number of benzene rings is 3. The molecule has 0 saturated carbocycles. The summed E-state index contributed by atoms with van der Waals surface area (Å²) in [7, 11) is 1.70. The molecule has 0 bridgehead atoms. The van der Waals surface area contributed by atoms with Crippen LogP contribution in [0, 0.1) is 5.82 Å². The molecule has 1 aliphatic heterocycles. The zero-order chi connectivity index (χ0) is 24.2. The lowest BCUT2D eigenvalue weighted by atomic mass is 9.98. The van der Waals surface area contributed by atoms with E-state index in [9.17, 15) is 4.39 Å². The van der Waals surface area contributed by atoms with Gasteiger partial charge in [0.25, 0.3) is 0 Å². The first-order valence-corrected chi connectivity index (χ1v) is 12.4. The smallest absolute Gasteiger partial charge is 0.204 e. The predicted molar refractivity (Wildman–Crippen MR) is 140 cm³/mol. The van der Waals surface area contributed by atoms with Crippen LogP contribution in [0.5, 0.6) is 5.75 Å². The highest BCUT2D eigenvalue weighted by Crippen LogP contribution is 2.25. The molecule has 0 aliphatic carbocycles. The summed E-state index contributed by atoms with van der Waals surface area (Å²) in [6.07, 6.45) is 2.16. The number of imidazole rings is 1. The molecule has 3 aromatic carbocycles. The zero-order valence-electron chi connectivity index (χ0n) is 20.5. The second kappa shape index (κ2) is 10.5. The van der Waals surface area contributed by atoms with Crippen molar-refractivity contribution in [2.24, 2.45) is 0 Å². The Morgan fingerprint density at radius 3 is 2.43 bits per heavy atom. The fourth-order valence-corrected chi connectivity index (χ4v) is 4.99. The van der Waals surface area contributed by atoms with Gasteiger partial charge in [0, 0.05) is 25.7 Å². The van der Waals surface area contributed by atoms with Crippen LogP contribution in [0.2, 0.25) is 0 Å². The molecule has 0 spiro atoms. The predicted octanol–water partition coefficient (Wildman–Crippen LogP) is 5.91. The van der Waals surface area contributed by atoms with Crippen molar-refractivity contribution in [3.63, 3.8) is 0 Å². The highest BCUT2D eigenvalue weighted by Gasteiger charge is 2.23. The van der Waals surface area contributed by atoms with Gasteiger partial charge >= 0.3 is 0 Å². The first-order chi connectivity index (χ1) is 17.1.